The van der Waals surface area contributed by atoms with Crippen molar-refractivity contribution >= 4 is 41.8 Å². The van der Waals surface area contributed by atoms with Gasteiger partial charge < -0.3 is 60.8 Å². The lowest BCUT2D eigenvalue weighted by Crippen LogP contribution is -2.71. The third kappa shape index (κ3) is 8.74. The summed E-state index contributed by atoms with van der Waals surface area (Å²) >= 11 is 1.87. The largest absolute Gasteiger partial charge is 0.458 e. The molecule has 64 heavy (non-hydrogen) atoms. The van der Waals surface area contributed by atoms with E-state index in [2.05, 4.69) is 26.5 Å². The summed E-state index contributed by atoms with van der Waals surface area (Å²) in [5.74, 6) is -0.897. The second kappa shape index (κ2) is 19.0. The van der Waals surface area contributed by atoms with Crippen LogP contribution in [0.2, 0.25) is 0 Å². The van der Waals surface area contributed by atoms with Crippen LogP contribution in [0, 0.1) is 28.6 Å². The van der Waals surface area contributed by atoms with Gasteiger partial charge in [-0.15, -0.1) is 0 Å². The number of esters is 1. The fourth-order valence-corrected chi connectivity index (χ4v) is 14.8. The summed E-state index contributed by atoms with van der Waals surface area (Å²) in [6, 6.07) is 0.267. The minimum absolute atomic E-state index is 0.00479. The fraction of sp³-hybridized carbons (Fsp3) is 0.844. The van der Waals surface area contributed by atoms with Crippen LogP contribution in [0.1, 0.15) is 117 Å². The molecule has 4 saturated carbocycles. The average Bonchev–Trinajstić information content (AvgIpc) is 4.02. The van der Waals surface area contributed by atoms with Crippen LogP contribution >= 0.6 is 11.8 Å². The predicted molar refractivity (Wildman–Crippen MR) is 232 cm³/mol. The van der Waals surface area contributed by atoms with Crippen molar-refractivity contribution < 1.29 is 64.0 Å². The molecule has 4 aliphatic heterocycles. The first-order valence-corrected chi connectivity index (χ1v) is 24.7. The molecule has 3 saturated heterocycles. The highest BCUT2D eigenvalue weighted by atomic mass is 32.2. The summed E-state index contributed by atoms with van der Waals surface area (Å²) < 4.78 is 17.2. The van der Waals surface area contributed by atoms with E-state index in [4.69, 9.17) is 14.2 Å². The number of aliphatic hydroxyl groups excluding tert-OH is 4. The normalized spacial score (nSPS) is 44.8. The SMILES string of the molecule is C[C@H]1O[C@@H](O[C@H]2CC[C@]3(/C=N/NC(=O)CCCCCNC(=O)CCCC[C@@H]4SC[C@@H]5NC(=O)N[C@@H]54)[C@H]4C[C@@H](O)[C@]5(C)[C@@H](C6=CC(=O)OC6)CC[C@]5(O)[C@@H]4CC[C@]3(O)C2)[C@H](O)[C@H](O)[C@H]1O. The molecular weight excluding hydrogens is 851 g/mol. The summed E-state index contributed by atoms with van der Waals surface area (Å²) in [6.45, 7) is 4.12. The minimum Gasteiger partial charge on any atom is -0.458 e. The first-order valence-electron chi connectivity index (χ1n) is 23.6. The van der Waals surface area contributed by atoms with Crippen molar-refractivity contribution in [3.05, 3.63) is 11.6 Å². The van der Waals surface area contributed by atoms with Gasteiger partial charge in [0, 0.05) is 59.9 Å². The Hall–Kier alpha value is -2.88. The first-order chi connectivity index (χ1) is 30.5. The van der Waals surface area contributed by atoms with E-state index in [0.29, 0.717) is 63.2 Å². The number of hydrogen-bond acceptors (Lipinski definition) is 15. The maximum atomic E-state index is 13.1. The van der Waals surface area contributed by atoms with E-state index in [0.717, 1.165) is 37.0 Å². The molecule has 4 amide bonds. The second-order valence-corrected chi connectivity index (χ2v) is 21.5. The summed E-state index contributed by atoms with van der Waals surface area (Å²) in [5.41, 5.74) is -1.46. The fourth-order valence-electron chi connectivity index (χ4n) is 13.2. The van der Waals surface area contributed by atoms with Crippen LogP contribution in [0.15, 0.2) is 16.8 Å². The molecule has 0 spiro atoms. The van der Waals surface area contributed by atoms with Gasteiger partial charge in [-0.3, -0.25) is 9.59 Å². The third-order valence-electron chi connectivity index (χ3n) is 16.8. The van der Waals surface area contributed by atoms with Gasteiger partial charge in [0.15, 0.2) is 6.29 Å². The summed E-state index contributed by atoms with van der Waals surface area (Å²) in [5, 5.41) is 83.0. The maximum absolute atomic E-state index is 13.1. The van der Waals surface area contributed by atoms with Crippen molar-refractivity contribution in [3.63, 3.8) is 0 Å². The Morgan fingerprint density at radius 2 is 1.73 bits per heavy atom. The number of urea groups is 1. The van der Waals surface area contributed by atoms with Crippen molar-refractivity contribution in [2.24, 2.45) is 33.7 Å². The molecule has 358 valence electrons. The molecular formula is C45H69N5O13S. The lowest BCUT2D eigenvalue weighted by molar-refractivity contribution is -0.317. The van der Waals surface area contributed by atoms with E-state index >= 15 is 0 Å². The van der Waals surface area contributed by atoms with Crippen molar-refractivity contribution in [3.8, 4) is 0 Å². The highest BCUT2D eigenvalue weighted by Crippen LogP contribution is 2.70. The van der Waals surface area contributed by atoms with Crippen LogP contribution in [-0.4, -0.2) is 151 Å². The zero-order chi connectivity index (χ0) is 45.6. The monoisotopic (exact) mass is 919 g/mol. The highest BCUT2D eigenvalue weighted by molar-refractivity contribution is 8.00. The van der Waals surface area contributed by atoms with E-state index in [-0.39, 0.29) is 74.1 Å². The Labute approximate surface area is 378 Å². The number of rotatable bonds is 16. The smallest absolute Gasteiger partial charge is 0.331 e. The van der Waals surface area contributed by atoms with Gasteiger partial charge in [-0.05, 0) is 101 Å². The van der Waals surface area contributed by atoms with Gasteiger partial charge in [-0.25, -0.2) is 15.0 Å². The molecule has 7 fully saturated rings. The number of hydrazone groups is 1. The van der Waals surface area contributed by atoms with E-state index in [1.807, 2.05) is 18.7 Å². The van der Waals surface area contributed by atoms with Gasteiger partial charge in [0.1, 0.15) is 24.9 Å². The zero-order valence-electron chi connectivity index (χ0n) is 37.0. The summed E-state index contributed by atoms with van der Waals surface area (Å²) in [6.07, 6.45) is 3.06. The van der Waals surface area contributed by atoms with Crippen molar-refractivity contribution in [1.29, 1.82) is 0 Å². The van der Waals surface area contributed by atoms with Crippen LogP contribution in [0.3, 0.4) is 0 Å². The molecule has 18 nitrogen and oxygen atoms in total. The first kappa shape index (κ1) is 47.6. The maximum Gasteiger partial charge on any atom is 0.331 e. The van der Waals surface area contributed by atoms with Crippen LogP contribution in [0.4, 0.5) is 4.79 Å². The van der Waals surface area contributed by atoms with Gasteiger partial charge in [-0.1, -0.05) is 19.8 Å². The molecule has 4 heterocycles. The molecule has 0 unspecified atom stereocenters. The van der Waals surface area contributed by atoms with Crippen molar-refractivity contribution in [2.75, 3.05) is 18.9 Å². The Bertz CT molecular complexity index is 1830. The number of cyclic esters (lactones) is 1. The number of unbranched alkanes of at least 4 members (excludes halogenated alkanes) is 3. The number of ether oxygens (including phenoxy) is 3. The van der Waals surface area contributed by atoms with E-state index in [9.17, 15) is 49.8 Å². The number of carbonyl (C=O) groups excluding carboxylic acids is 4. The number of fused-ring (bicyclic) bond motifs is 6. The van der Waals surface area contributed by atoms with Gasteiger partial charge in [0.25, 0.3) is 0 Å². The molecule has 0 aromatic rings. The summed E-state index contributed by atoms with van der Waals surface area (Å²) in [4.78, 5) is 49.3. The zero-order valence-corrected chi connectivity index (χ0v) is 37.8. The second-order valence-electron chi connectivity index (χ2n) is 20.2. The van der Waals surface area contributed by atoms with Crippen LogP contribution in [-0.2, 0) is 28.6 Å². The Balaban J connectivity index is 0.864. The van der Waals surface area contributed by atoms with Gasteiger partial charge in [0.2, 0.25) is 11.8 Å². The lowest BCUT2D eigenvalue weighted by atomic mass is 9.41. The molecule has 4 aliphatic carbocycles. The van der Waals surface area contributed by atoms with Crippen molar-refractivity contribution in [1.82, 2.24) is 21.4 Å². The number of hydrogen-bond donors (Lipinski definition) is 10. The molecule has 0 radical (unpaired) electrons. The van der Waals surface area contributed by atoms with E-state index in [1.165, 1.54) is 6.08 Å². The number of carbonyl (C=O) groups is 4. The van der Waals surface area contributed by atoms with E-state index in [1.54, 1.807) is 13.1 Å². The number of amides is 4. The molecule has 8 aliphatic rings. The lowest BCUT2D eigenvalue weighted by Gasteiger charge is -2.66. The van der Waals surface area contributed by atoms with E-state index < -0.39 is 76.8 Å². The molecule has 10 N–H and O–H groups in total. The predicted octanol–water partition coefficient (Wildman–Crippen LogP) is 1.03. The van der Waals surface area contributed by atoms with Crippen LogP contribution < -0.4 is 21.4 Å². The minimum atomic E-state index is -1.52. The Morgan fingerprint density at radius 3 is 2.52 bits per heavy atom. The highest BCUT2D eigenvalue weighted by Gasteiger charge is 2.73. The molecule has 0 aromatic heterocycles. The summed E-state index contributed by atoms with van der Waals surface area (Å²) in [7, 11) is 0. The third-order valence-corrected chi connectivity index (χ3v) is 18.3. The standard InChI is InChI=1S/C45H69N5O13S/c1-24-37(55)38(56)39(57)40(62-24)63-26-11-14-43(23-47-50-34(53)10-4-3-7-17-46-33(52)9-6-5-8-31-36-30(22-64-31)48-41(58)49-36)29-19-32(51)42(2)27(25-18-35(54)61-21-25)13-16-45(42,60)28(29)12-15-44(43,59)20-26/h18,23-24,26-32,36-40,51,55-57,59-60H,3-17,19-22H2,1-2H3,(H,46,52)(H,50,53)(H2,48,49,58)/b47-23+/t24-,26+,27-,28-,29+,30+,31+,32-,36+,37+,38-,39-,40+,42+,43+,44+,45+/m1/s1. The van der Waals surface area contributed by atoms with Crippen LogP contribution in [0.5, 0.6) is 0 Å². The number of nitrogens with zero attached hydrogens (tertiary/aromatic N) is 1. The molecule has 8 rings (SSSR count). The Morgan fingerprint density at radius 1 is 0.953 bits per heavy atom. The molecule has 17 atom stereocenters. The average molecular weight is 920 g/mol. The number of thioether (sulfide) groups is 1. The molecule has 0 aromatic carbocycles. The van der Waals surface area contributed by atoms with Gasteiger partial charge in [-0.2, -0.15) is 16.9 Å². The van der Waals surface area contributed by atoms with Gasteiger partial charge >= 0.3 is 12.0 Å². The topological polar surface area (TPSA) is 278 Å². The van der Waals surface area contributed by atoms with Crippen LogP contribution in [0.25, 0.3) is 0 Å². The number of nitrogens with one attached hydrogen (secondary N) is 4. The molecule has 0 bridgehead atoms. The quantitative estimate of drug-likeness (QED) is 0.0259. The van der Waals surface area contributed by atoms with Gasteiger partial charge in [0.05, 0.1) is 41.6 Å². The Kier molecular flexibility index (Phi) is 14.1. The van der Waals surface area contributed by atoms with Crippen molar-refractivity contribution in [2.45, 2.75) is 188 Å². The number of aliphatic hydroxyl groups is 6. The molecule has 19 heteroatoms.